The summed E-state index contributed by atoms with van der Waals surface area (Å²) in [6.07, 6.45) is 15.5. The number of aromatic nitrogens is 3. The van der Waals surface area contributed by atoms with Crippen LogP contribution in [0.25, 0.3) is 33.6 Å². The zero-order chi connectivity index (χ0) is 27.8. The summed E-state index contributed by atoms with van der Waals surface area (Å²) in [5, 5.41) is 1.54. The monoisotopic (exact) mass is 732 g/mol. The molecule has 3 heterocycles. The molecular weight excluding hydrogens is 695 g/mol. The standard InChI is InChI=1S/C20H26NSi.C16H11N2.Ir/c1-22(2,3)20-15-21-19(17-11-5-4-6-12-17)14-18(20)13-16-9-7-8-10-16;1-2-5-13(6-3-1)14-8-10-18-16(11-14)15-7-4-9-17-12-15;/h4-6,11,14-16H,7-10,13H2,1-3H3;1-11H;/q2*-1;. The van der Waals surface area contributed by atoms with Gasteiger partial charge in [0.1, 0.15) is 0 Å². The van der Waals surface area contributed by atoms with Crippen molar-refractivity contribution in [2.45, 2.75) is 51.7 Å². The molecule has 3 nitrogen and oxygen atoms in total. The van der Waals surface area contributed by atoms with Gasteiger partial charge in [-0.15, -0.1) is 53.6 Å². The Morgan fingerprint density at radius 2 is 1.49 bits per heavy atom. The fourth-order valence-corrected chi connectivity index (χ4v) is 7.01. The number of hydrogen-bond donors (Lipinski definition) is 0. The Bertz CT molecular complexity index is 1440. The van der Waals surface area contributed by atoms with Gasteiger partial charge in [0.05, 0.1) is 8.07 Å². The summed E-state index contributed by atoms with van der Waals surface area (Å²) >= 11 is 0. The van der Waals surface area contributed by atoms with E-state index in [1.165, 1.54) is 37.7 Å². The van der Waals surface area contributed by atoms with Crippen molar-refractivity contribution >= 4 is 13.3 Å². The van der Waals surface area contributed by atoms with E-state index in [4.69, 9.17) is 4.98 Å². The molecule has 1 radical (unpaired) electrons. The Morgan fingerprint density at radius 3 is 2.17 bits per heavy atom. The predicted octanol–water partition coefficient (Wildman–Crippen LogP) is 8.43. The molecule has 5 aromatic rings. The van der Waals surface area contributed by atoms with Gasteiger partial charge in [-0.2, -0.15) is 0 Å². The smallest absolute Gasteiger partial charge is 0.0798 e. The molecule has 0 aliphatic heterocycles. The second-order valence-corrected chi connectivity index (χ2v) is 16.6. The number of pyridine rings is 3. The van der Waals surface area contributed by atoms with E-state index in [0.717, 1.165) is 34.0 Å². The van der Waals surface area contributed by atoms with Crippen molar-refractivity contribution in [1.82, 2.24) is 15.0 Å². The van der Waals surface area contributed by atoms with Crippen LogP contribution in [0.3, 0.4) is 0 Å². The molecule has 0 bridgehead atoms. The van der Waals surface area contributed by atoms with Crippen molar-refractivity contribution in [3.63, 3.8) is 0 Å². The van der Waals surface area contributed by atoms with Crippen LogP contribution >= 0.6 is 0 Å². The van der Waals surface area contributed by atoms with Crippen LogP contribution in [0, 0.1) is 18.2 Å². The van der Waals surface area contributed by atoms with Crippen LogP contribution in [0.15, 0.2) is 104 Å². The zero-order valence-corrected chi connectivity index (χ0v) is 27.5. The van der Waals surface area contributed by atoms with E-state index in [-0.39, 0.29) is 20.1 Å². The van der Waals surface area contributed by atoms with Crippen LogP contribution in [0.2, 0.25) is 19.6 Å². The molecule has 2 aromatic carbocycles. The first-order chi connectivity index (χ1) is 19.5. The third-order valence-electron chi connectivity index (χ3n) is 7.52. The first kappa shape index (κ1) is 30.7. The van der Waals surface area contributed by atoms with Gasteiger partial charge in [0.15, 0.2) is 0 Å². The number of hydrogen-bond acceptors (Lipinski definition) is 3. The minimum Gasteiger partial charge on any atom is -0.360 e. The first-order valence-electron chi connectivity index (χ1n) is 14.3. The quantitative estimate of drug-likeness (QED) is 0.130. The molecule has 1 aliphatic carbocycles. The summed E-state index contributed by atoms with van der Waals surface area (Å²) in [5.41, 5.74) is 7.88. The van der Waals surface area contributed by atoms with Crippen molar-refractivity contribution in [2.24, 2.45) is 5.92 Å². The maximum absolute atomic E-state index is 4.75. The largest absolute Gasteiger partial charge is 0.360 e. The van der Waals surface area contributed by atoms with Gasteiger partial charge in [0.25, 0.3) is 0 Å². The minimum absolute atomic E-state index is 0. The molecule has 5 heteroatoms. The predicted molar refractivity (Wildman–Crippen MR) is 169 cm³/mol. The van der Waals surface area contributed by atoms with E-state index in [1.54, 1.807) is 16.9 Å². The van der Waals surface area contributed by atoms with E-state index in [9.17, 15) is 0 Å². The fraction of sp³-hybridized carbons (Fsp3) is 0.250. The maximum atomic E-state index is 4.75. The number of nitrogens with zero attached hydrogens (tertiary/aromatic N) is 3. The van der Waals surface area contributed by atoms with Crippen molar-refractivity contribution in [3.05, 3.63) is 121 Å². The molecule has 3 aromatic heterocycles. The SMILES string of the molecule is C[Si](C)(C)c1cnc(-c2[c-]cccc2)cc1CC1CCCC1.[Ir].[c-]1ncccc1-c1cc(-c2ccccc2)ccn1. The van der Waals surface area contributed by atoms with Gasteiger partial charge >= 0.3 is 0 Å². The minimum atomic E-state index is -1.35. The second kappa shape index (κ2) is 14.6. The molecule has 0 amide bonds. The average molecular weight is 732 g/mol. The Hall–Kier alpha value is -3.24. The number of benzene rings is 2. The van der Waals surface area contributed by atoms with Crippen LogP contribution in [0.5, 0.6) is 0 Å². The molecule has 211 valence electrons. The van der Waals surface area contributed by atoms with Gasteiger partial charge in [-0.1, -0.05) is 99.5 Å². The second-order valence-electron chi connectivity index (χ2n) is 11.6. The van der Waals surface area contributed by atoms with Crippen molar-refractivity contribution in [3.8, 4) is 33.6 Å². The molecule has 41 heavy (non-hydrogen) atoms. The summed E-state index contributed by atoms with van der Waals surface area (Å²) in [4.78, 5) is 13.1. The van der Waals surface area contributed by atoms with Crippen LogP contribution in [-0.4, -0.2) is 23.0 Å². The van der Waals surface area contributed by atoms with E-state index >= 15 is 0 Å². The Balaban J connectivity index is 0.000000188. The van der Waals surface area contributed by atoms with Crippen molar-refractivity contribution in [1.29, 1.82) is 0 Å². The topological polar surface area (TPSA) is 38.7 Å². The Kier molecular flexibility index (Phi) is 10.9. The molecule has 0 N–H and O–H groups in total. The van der Waals surface area contributed by atoms with Gasteiger partial charge in [0.2, 0.25) is 0 Å². The summed E-state index contributed by atoms with van der Waals surface area (Å²) in [6.45, 7) is 7.28. The van der Waals surface area contributed by atoms with Gasteiger partial charge < -0.3 is 15.0 Å². The van der Waals surface area contributed by atoms with Gasteiger partial charge in [-0.25, -0.2) is 0 Å². The van der Waals surface area contributed by atoms with Crippen molar-refractivity contribution in [2.75, 3.05) is 0 Å². The van der Waals surface area contributed by atoms with E-state index < -0.39 is 8.07 Å². The van der Waals surface area contributed by atoms with Crippen LogP contribution in [0.4, 0.5) is 0 Å². The molecule has 0 unspecified atom stereocenters. The van der Waals surface area contributed by atoms with Crippen LogP contribution < -0.4 is 5.19 Å². The van der Waals surface area contributed by atoms with Crippen LogP contribution in [-0.2, 0) is 26.5 Å². The molecule has 0 spiro atoms. The van der Waals surface area contributed by atoms with E-state index in [0.29, 0.717) is 0 Å². The summed E-state index contributed by atoms with van der Waals surface area (Å²) in [6, 6.07) is 32.0. The zero-order valence-electron chi connectivity index (χ0n) is 24.1. The Labute approximate surface area is 259 Å². The summed E-state index contributed by atoms with van der Waals surface area (Å²) in [7, 11) is -1.35. The Morgan fingerprint density at radius 1 is 0.756 bits per heavy atom. The summed E-state index contributed by atoms with van der Waals surface area (Å²) in [5.74, 6) is 0.880. The molecule has 1 aliphatic rings. The fourth-order valence-electron chi connectivity index (χ4n) is 5.42. The molecule has 0 saturated heterocycles. The first-order valence-corrected chi connectivity index (χ1v) is 17.8. The summed E-state index contributed by atoms with van der Waals surface area (Å²) < 4.78 is 0. The van der Waals surface area contributed by atoms with E-state index in [2.05, 4.69) is 84.5 Å². The van der Waals surface area contributed by atoms with Crippen molar-refractivity contribution < 1.29 is 20.1 Å². The average Bonchev–Trinajstić information content (AvgIpc) is 3.51. The molecule has 6 rings (SSSR count). The molecule has 0 atom stereocenters. The van der Waals surface area contributed by atoms with Gasteiger partial charge in [-0.05, 0) is 52.3 Å². The molecule has 1 saturated carbocycles. The molecule has 1 fully saturated rings. The van der Waals surface area contributed by atoms with Gasteiger partial charge in [0, 0.05) is 32.5 Å². The normalized spacial score (nSPS) is 13.1. The third kappa shape index (κ3) is 8.39. The van der Waals surface area contributed by atoms with Gasteiger partial charge in [-0.3, -0.25) is 0 Å². The van der Waals surface area contributed by atoms with Crippen LogP contribution in [0.1, 0.15) is 31.2 Å². The third-order valence-corrected chi connectivity index (χ3v) is 9.58. The maximum Gasteiger partial charge on any atom is 0.0798 e. The number of rotatable bonds is 6. The molecular formula is C36H37IrN3Si-2. The van der Waals surface area contributed by atoms with E-state index in [1.807, 2.05) is 54.7 Å².